The van der Waals surface area contributed by atoms with E-state index < -0.39 is 35.4 Å². The van der Waals surface area contributed by atoms with Crippen LogP contribution in [0.1, 0.15) is 93.0 Å². The predicted octanol–water partition coefficient (Wildman–Crippen LogP) is 5.16. The third-order valence-electron chi connectivity index (χ3n) is 13.7. The largest absolute Gasteiger partial charge is 0.490 e. The van der Waals surface area contributed by atoms with Crippen molar-refractivity contribution in [1.82, 2.24) is 40.3 Å². The molecule has 0 saturated carbocycles. The van der Waals surface area contributed by atoms with E-state index in [1.54, 1.807) is 41.9 Å². The second kappa shape index (κ2) is 21.5. The number of carbonyl (C=O) groups excluding carboxylic acids is 4. The quantitative estimate of drug-likeness (QED) is 0.132. The number of likely N-dealkylation sites (tertiary alicyclic amines) is 1. The number of anilines is 1. The van der Waals surface area contributed by atoms with Crippen molar-refractivity contribution in [2.24, 2.45) is 5.41 Å². The van der Waals surface area contributed by atoms with Crippen LogP contribution in [0.25, 0.3) is 10.4 Å². The van der Waals surface area contributed by atoms with Crippen LogP contribution in [0.4, 0.5) is 5.95 Å². The molecule has 17 nitrogen and oxygen atoms in total. The van der Waals surface area contributed by atoms with E-state index >= 15 is 0 Å². The maximum absolute atomic E-state index is 14.1. The maximum Gasteiger partial charge on any atom is 0.257 e. The van der Waals surface area contributed by atoms with Crippen molar-refractivity contribution < 1.29 is 33.8 Å². The third-order valence-corrected chi connectivity index (χ3v) is 15.0. The molecule has 0 aliphatic carbocycles. The standard InChI is InChI=1S/C50H61ClN10O7S/c1-30(32-6-8-33(9-7-32)44-31(2)55-29-69-44)56-46(64)42-22-38(62)27-60(42)48(66)45(50(3,4)5)57-43(63)28-67-19-18-58-14-16-59(17-15-58)49-53-25-35(26-54-49)47(65)61-36-11-12-37(61)21-40(20-36)68-39-13-10-34(24-52)41(51)23-39/h6-10,13,23,25-26,29-30,36-38,40,42,45,62H,11-12,14-22,27-28H2,1-5H3,(H,56,64)(H,57,63). The summed E-state index contributed by atoms with van der Waals surface area (Å²) < 4.78 is 12.0. The number of nitriles is 1. The number of β-amino-alcohol motifs (C(OH)–C–C–N with tert-alkyl or cyclic N) is 1. The van der Waals surface area contributed by atoms with Crippen LogP contribution in [0.15, 0.2) is 60.4 Å². The Morgan fingerprint density at radius 2 is 1.67 bits per heavy atom. The van der Waals surface area contributed by atoms with Gasteiger partial charge in [-0.1, -0.05) is 56.6 Å². The van der Waals surface area contributed by atoms with E-state index in [4.69, 9.17) is 21.1 Å². The minimum Gasteiger partial charge on any atom is -0.490 e. The molecule has 2 aromatic carbocycles. The van der Waals surface area contributed by atoms with Gasteiger partial charge in [-0.05, 0) is 55.4 Å². The lowest BCUT2D eigenvalue weighted by atomic mass is 9.85. The predicted molar refractivity (Wildman–Crippen MR) is 261 cm³/mol. The van der Waals surface area contributed by atoms with Crippen molar-refractivity contribution in [3.63, 3.8) is 0 Å². The number of thiazole rings is 1. The van der Waals surface area contributed by atoms with Crippen molar-refractivity contribution in [1.29, 1.82) is 5.26 Å². The topological polar surface area (TPSA) is 206 Å². The summed E-state index contributed by atoms with van der Waals surface area (Å²) in [7, 11) is 0. The lowest BCUT2D eigenvalue weighted by Crippen LogP contribution is -2.58. The molecule has 2 bridgehead atoms. The van der Waals surface area contributed by atoms with Crippen molar-refractivity contribution in [3.05, 3.63) is 87.8 Å². The molecule has 6 atom stereocenters. The fraction of sp³-hybridized carbons (Fsp3) is 0.520. The lowest BCUT2D eigenvalue weighted by molar-refractivity contribution is -0.144. The second-order valence-electron chi connectivity index (χ2n) is 19.6. The zero-order valence-electron chi connectivity index (χ0n) is 39.8. The SMILES string of the molecule is Cc1ncsc1-c1ccc(C(C)NC(=O)C2CC(O)CN2C(=O)C(NC(=O)COCCN2CCN(c3ncc(C(=O)N4C5CCC4CC(Oc4ccc(C#N)c(Cl)c4)C5)cn3)CC2)C(C)(C)C)cc1. The van der Waals surface area contributed by atoms with E-state index in [1.165, 1.54) is 4.90 Å². The fourth-order valence-corrected chi connectivity index (χ4v) is 10.9. The molecule has 8 rings (SSSR count). The molecule has 6 unspecified atom stereocenters. The number of nitrogens with one attached hydrogen (secondary N) is 2. The van der Waals surface area contributed by atoms with Gasteiger partial charge in [-0.2, -0.15) is 5.26 Å². The number of piperazine rings is 1. The van der Waals surface area contributed by atoms with E-state index in [1.807, 2.05) is 69.3 Å². The van der Waals surface area contributed by atoms with Gasteiger partial charge in [-0.25, -0.2) is 15.0 Å². The highest BCUT2D eigenvalue weighted by Crippen LogP contribution is 2.39. The average Bonchev–Trinajstić information content (AvgIpc) is 4.03. The monoisotopic (exact) mass is 980 g/mol. The van der Waals surface area contributed by atoms with Gasteiger partial charge in [-0.15, -0.1) is 11.3 Å². The van der Waals surface area contributed by atoms with E-state index in [0.29, 0.717) is 66.9 Å². The molecule has 4 aromatic rings. The summed E-state index contributed by atoms with van der Waals surface area (Å²) >= 11 is 7.79. The first kappa shape index (κ1) is 49.7. The zero-order chi connectivity index (χ0) is 49.0. The van der Waals surface area contributed by atoms with Crippen molar-refractivity contribution in [2.45, 2.75) is 109 Å². The first-order valence-corrected chi connectivity index (χ1v) is 25.0. The number of carbonyl (C=O) groups is 4. The number of fused-ring (bicyclic) bond motifs is 2. The number of ether oxygens (including phenoxy) is 2. The fourth-order valence-electron chi connectivity index (χ4n) is 9.90. The number of hydrogen-bond donors (Lipinski definition) is 3. The van der Waals surface area contributed by atoms with E-state index in [-0.39, 0.29) is 55.6 Å². The molecule has 4 aliphatic rings. The van der Waals surface area contributed by atoms with Crippen LogP contribution in [0.3, 0.4) is 0 Å². The van der Waals surface area contributed by atoms with E-state index in [9.17, 15) is 29.5 Å². The molecule has 3 N–H and O–H groups in total. The van der Waals surface area contributed by atoms with Crippen molar-refractivity contribution in [2.75, 3.05) is 57.4 Å². The number of halogens is 1. The van der Waals surface area contributed by atoms with Crippen LogP contribution in [-0.4, -0.2) is 147 Å². The number of hydrogen-bond acceptors (Lipinski definition) is 14. The van der Waals surface area contributed by atoms with Gasteiger partial charge in [0.25, 0.3) is 5.91 Å². The Bertz CT molecular complexity index is 2510. The number of nitrogens with zero attached hydrogens (tertiary/aromatic N) is 8. The normalized spacial score (nSPS) is 22.5. The molecule has 69 heavy (non-hydrogen) atoms. The number of benzene rings is 2. The molecule has 19 heteroatoms. The molecule has 4 saturated heterocycles. The molecule has 0 spiro atoms. The summed E-state index contributed by atoms with van der Waals surface area (Å²) in [6.45, 7) is 12.8. The van der Waals surface area contributed by atoms with Gasteiger partial charge in [-0.3, -0.25) is 24.1 Å². The molecule has 4 amide bonds. The lowest BCUT2D eigenvalue weighted by Gasteiger charge is -2.39. The summed E-state index contributed by atoms with van der Waals surface area (Å²) in [5.74, 6) is -0.141. The Kier molecular flexibility index (Phi) is 15.5. The molecule has 366 valence electrons. The number of aliphatic hydroxyl groups is 1. The van der Waals surface area contributed by atoms with Crippen LogP contribution in [0, 0.1) is 23.7 Å². The second-order valence-corrected chi connectivity index (χ2v) is 20.9. The van der Waals surface area contributed by atoms with Gasteiger partial charge in [0, 0.05) is 89.1 Å². The highest BCUT2D eigenvalue weighted by Gasteiger charge is 2.46. The summed E-state index contributed by atoms with van der Waals surface area (Å²) in [5.41, 5.74) is 4.88. The highest BCUT2D eigenvalue weighted by atomic mass is 35.5. The maximum atomic E-state index is 14.1. The molecule has 2 aromatic heterocycles. The van der Waals surface area contributed by atoms with Crippen LogP contribution in [0.2, 0.25) is 5.02 Å². The first-order chi connectivity index (χ1) is 33.1. The number of aryl methyl sites for hydroxylation is 1. The van der Waals surface area contributed by atoms with Crippen LogP contribution in [-0.2, 0) is 19.1 Å². The number of rotatable bonds is 15. The van der Waals surface area contributed by atoms with Gasteiger partial charge in [0.2, 0.25) is 23.7 Å². The Balaban J connectivity index is 0.756. The van der Waals surface area contributed by atoms with Crippen LogP contribution < -0.4 is 20.3 Å². The Morgan fingerprint density at radius 1 is 0.971 bits per heavy atom. The number of piperidine rings is 1. The Labute approximate surface area is 412 Å². The molecular formula is C50H61ClN10O7S. The van der Waals surface area contributed by atoms with Gasteiger partial charge in [0.1, 0.15) is 36.6 Å². The number of aliphatic hydroxyl groups excluding tert-OH is 1. The molecule has 4 fully saturated rings. The molecule has 0 radical (unpaired) electrons. The average molecular weight is 982 g/mol. The van der Waals surface area contributed by atoms with Crippen LogP contribution >= 0.6 is 22.9 Å². The molecular weight excluding hydrogens is 920 g/mol. The first-order valence-electron chi connectivity index (χ1n) is 23.7. The van der Waals surface area contributed by atoms with E-state index in [0.717, 1.165) is 47.6 Å². The molecule has 6 heterocycles. The van der Waals surface area contributed by atoms with Crippen molar-refractivity contribution >= 4 is 52.5 Å². The smallest absolute Gasteiger partial charge is 0.257 e. The highest BCUT2D eigenvalue weighted by molar-refractivity contribution is 7.13. The van der Waals surface area contributed by atoms with E-state index in [2.05, 4.69) is 41.5 Å². The summed E-state index contributed by atoms with van der Waals surface area (Å²) in [4.78, 5) is 77.1. The summed E-state index contributed by atoms with van der Waals surface area (Å²) in [5, 5.41) is 26.1. The van der Waals surface area contributed by atoms with Crippen LogP contribution in [0.5, 0.6) is 5.75 Å². The Morgan fingerprint density at radius 3 is 2.29 bits per heavy atom. The van der Waals surface area contributed by atoms with Crippen molar-refractivity contribution in [3.8, 4) is 22.3 Å². The zero-order valence-corrected chi connectivity index (χ0v) is 41.3. The summed E-state index contributed by atoms with van der Waals surface area (Å²) in [6.07, 6.45) is 5.63. The third kappa shape index (κ3) is 11.7. The van der Waals surface area contributed by atoms with Gasteiger partial charge >= 0.3 is 0 Å². The Hall–Kier alpha value is -5.71. The minimum absolute atomic E-state index is 0.0185. The number of amides is 4. The molecule has 4 aliphatic heterocycles. The summed E-state index contributed by atoms with van der Waals surface area (Å²) in [6, 6.07) is 13.0. The van der Waals surface area contributed by atoms with Gasteiger partial charge < -0.3 is 39.9 Å². The van der Waals surface area contributed by atoms with Gasteiger partial charge in [0.05, 0.1) is 51.0 Å². The van der Waals surface area contributed by atoms with Gasteiger partial charge in [0.15, 0.2) is 0 Å². The number of aromatic nitrogens is 3. The minimum atomic E-state index is -0.965.